The van der Waals surface area contributed by atoms with E-state index in [1.165, 1.54) is 6.07 Å². The summed E-state index contributed by atoms with van der Waals surface area (Å²) < 4.78 is 13.8. The zero-order chi connectivity index (χ0) is 12.0. The van der Waals surface area contributed by atoms with Crippen molar-refractivity contribution in [2.75, 3.05) is 26.7 Å². The molecule has 0 amide bonds. The molecular formula is C12H18BrFN2. The van der Waals surface area contributed by atoms with Crippen molar-refractivity contribution in [3.8, 4) is 0 Å². The van der Waals surface area contributed by atoms with E-state index in [0.29, 0.717) is 4.47 Å². The number of rotatable bonds is 6. The molecule has 0 saturated carbocycles. The van der Waals surface area contributed by atoms with Gasteiger partial charge in [-0.2, -0.15) is 0 Å². The van der Waals surface area contributed by atoms with Crippen molar-refractivity contribution >= 4 is 15.9 Å². The lowest BCUT2D eigenvalue weighted by Crippen LogP contribution is -2.28. The third-order valence-electron chi connectivity index (χ3n) is 2.39. The van der Waals surface area contributed by atoms with Crippen molar-refractivity contribution in [3.05, 3.63) is 34.1 Å². The largest absolute Gasteiger partial charge is 0.316 e. The van der Waals surface area contributed by atoms with Gasteiger partial charge in [0.05, 0.1) is 4.47 Å². The quantitative estimate of drug-likeness (QED) is 0.810. The van der Waals surface area contributed by atoms with E-state index in [9.17, 15) is 4.39 Å². The lowest BCUT2D eigenvalue weighted by molar-refractivity contribution is 0.324. The molecule has 0 unspecified atom stereocenters. The Labute approximate surface area is 105 Å². The maximum absolute atomic E-state index is 13.3. The van der Waals surface area contributed by atoms with E-state index in [4.69, 9.17) is 0 Å². The van der Waals surface area contributed by atoms with Crippen LogP contribution in [0.2, 0.25) is 0 Å². The molecule has 0 spiro atoms. The molecule has 0 heterocycles. The second kappa shape index (κ2) is 6.99. The molecule has 0 saturated heterocycles. The van der Waals surface area contributed by atoms with E-state index >= 15 is 0 Å². The SMILES string of the molecule is CCNCCN(C)Cc1cccc(F)c1Br. The van der Waals surface area contributed by atoms with Crippen LogP contribution in [0.5, 0.6) is 0 Å². The second-order valence-electron chi connectivity index (χ2n) is 3.80. The minimum atomic E-state index is -0.197. The first-order valence-electron chi connectivity index (χ1n) is 5.47. The summed E-state index contributed by atoms with van der Waals surface area (Å²) in [6.45, 7) is 5.74. The van der Waals surface area contributed by atoms with Crippen LogP contribution >= 0.6 is 15.9 Å². The molecule has 0 aliphatic heterocycles. The Bertz CT molecular complexity index is 331. The van der Waals surface area contributed by atoms with E-state index in [2.05, 4.69) is 33.1 Å². The normalized spacial score (nSPS) is 11.1. The fourth-order valence-electron chi connectivity index (χ4n) is 1.49. The van der Waals surface area contributed by atoms with Crippen LogP contribution in [0.15, 0.2) is 22.7 Å². The molecule has 1 aromatic carbocycles. The van der Waals surface area contributed by atoms with Gasteiger partial charge in [0.15, 0.2) is 0 Å². The monoisotopic (exact) mass is 288 g/mol. The van der Waals surface area contributed by atoms with Gasteiger partial charge in [-0.05, 0) is 41.2 Å². The zero-order valence-electron chi connectivity index (χ0n) is 9.76. The topological polar surface area (TPSA) is 15.3 Å². The number of likely N-dealkylation sites (N-methyl/N-ethyl adjacent to an activating group) is 2. The average molecular weight is 289 g/mol. The standard InChI is InChI=1S/C12H18BrFN2/c1-3-15-7-8-16(2)9-10-5-4-6-11(14)12(10)13/h4-6,15H,3,7-9H2,1-2H3. The van der Waals surface area contributed by atoms with Crippen molar-refractivity contribution in [2.24, 2.45) is 0 Å². The summed E-state index contributed by atoms with van der Waals surface area (Å²) in [5.41, 5.74) is 0.985. The van der Waals surface area contributed by atoms with Crippen molar-refractivity contribution in [3.63, 3.8) is 0 Å². The van der Waals surface area contributed by atoms with Gasteiger partial charge in [0, 0.05) is 19.6 Å². The fraction of sp³-hybridized carbons (Fsp3) is 0.500. The molecule has 0 fully saturated rings. The lowest BCUT2D eigenvalue weighted by Gasteiger charge is -2.17. The Morgan fingerprint density at radius 2 is 2.19 bits per heavy atom. The Hall–Kier alpha value is -0.450. The van der Waals surface area contributed by atoms with Gasteiger partial charge in [0.25, 0.3) is 0 Å². The van der Waals surface area contributed by atoms with E-state index in [1.54, 1.807) is 6.07 Å². The van der Waals surface area contributed by atoms with Gasteiger partial charge in [0.1, 0.15) is 5.82 Å². The molecule has 2 nitrogen and oxygen atoms in total. The van der Waals surface area contributed by atoms with Crippen LogP contribution in [0.25, 0.3) is 0 Å². The molecule has 0 aliphatic rings. The summed E-state index contributed by atoms with van der Waals surface area (Å²) >= 11 is 3.27. The van der Waals surface area contributed by atoms with Crippen LogP contribution in [0.1, 0.15) is 12.5 Å². The molecule has 0 bridgehead atoms. The Morgan fingerprint density at radius 3 is 2.88 bits per heavy atom. The average Bonchev–Trinajstić information content (AvgIpc) is 2.25. The number of hydrogen-bond acceptors (Lipinski definition) is 2. The highest BCUT2D eigenvalue weighted by Gasteiger charge is 2.07. The number of halogens is 2. The molecule has 1 rings (SSSR count). The van der Waals surface area contributed by atoms with Crippen LogP contribution < -0.4 is 5.32 Å². The van der Waals surface area contributed by atoms with Crippen LogP contribution in [-0.4, -0.2) is 31.6 Å². The van der Waals surface area contributed by atoms with E-state index < -0.39 is 0 Å². The maximum atomic E-state index is 13.3. The molecule has 0 radical (unpaired) electrons. The van der Waals surface area contributed by atoms with E-state index in [0.717, 1.165) is 31.7 Å². The molecule has 0 atom stereocenters. The third-order valence-corrected chi connectivity index (χ3v) is 3.28. The smallest absolute Gasteiger partial charge is 0.137 e. The van der Waals surface area contributed by atoms with Gasteiger partial charge >= 0.3 is 0 Å². The van der Waals surface area contributed by atoms with Crippen LogP contribution in [-0.2, 0) is 6.54 Å². The summed E-state index contributed by atoms with van der Waals surface area (Å²) in [6.07, 6.45) is 0. The van der Waals surface area contributed by atoms with Gasteiger partial charge < -0.3 is 10.2 Å². The van der Waals surface area contributed by atoms with Gasteiger partial charge in [-0.1, -0.05) is 19.1 Å². The van der Waals surface area contributed by atoms with Gasteiger partial charge in [0.2, 0.25) is 0 Å². The predicted molar refractivity (Wildman–Crippen MR) is 69.0 cm³/mol. The predicted octanol–water partition coefficient (Wildman–Crippen LogP) is 2.63. The Morgan fingerprint density at radius 1 is 1.44 bits per heavy atom. The minimum Gasteiger partial charge on any atom is -0.316 e. The second-order valence-corrected chi connectivity index (χ2v) is 4.60. The first-order valence-corrected chi connectivity index (χ1v) is 6.26. The van der Waals surface area contributed by atoms with Crippen molar-refractivity contribution < 1.29 is 4.39 Å². The highest BCUT2D eigenvalue weighted by Crippen LogP contribution is 2.21. The Kier molecular flexibility index (Phi) is 5.95. The third kappa shape index (κ3) is 4.20. The molecule has 1 aromatic rings. The molecule has 1 N–H and O–H groups in total. The summed E-state index contributed by atoms with van der Waals surface area (Å²) in [7, 11) is 2.04. The zero-order valence-corrected chi connectivity index (χ0v) is 11.3. The Balaban J connectivity index is 2.49. The molecule has 0 aliphatic carbocycles. The number of nitrogens with zero attached hydrogens (tertiary/aromatic N) is 1. The van der Waals surface area contributed by atoms with Crippen LogP contribution in [0.4, 0.5) is 4.39 Å². The highest BCUT2D eigenvalue weighted by atomic mass is 79.9. The highest BCUT2D eigenvalue weighted by molar-refractivity contribution is 9.10. The van der Waals surface area contributed by atoms with Gasteiger partial charge in [-0.3, -0.25) is 0 Å². The molecular weight excluding hydrogens is 271 g/mol. The van der Waals surface area contributed by atoms with Crippen molar-refractivity contribution in [2.45, 2.75) is 13.5 Å². The van der Waals surface area contributed by atoms with Gasteiger partial charge in [-0.15, -0.1) is 0 Å². The molecule has 16 heavy (non-hydrogen) atoms. The number of benzene rings is 1. The first-order chi connectivity index (χ1) is 7.65. The summed E-state index contributed by atoms with van der Waals surface area (Å²) in [4.78, 5) is 2.17. The summed E-state index contributed by atoms with van der Waals surface area (Å²) in [5.74, 6) is -0.197. The van der Waals surface area contributed by atoms with Crippen molar-refractivity contribution in [1.82, 2.24) is 10.2 Å². The van der Waals surface area contributed by atoms with Crippen LogP contribution in [0.3, 0.4) is 0 Å². The molecule has 4 heteroatoms. The fourth-order valence-corrected chi connectivity index (χ4v) is 1.88. The maximum Gasteiger partial charge on any atom is 0.137 e. The summed E-state index contributed by atoms with van der Waals surface area (Å²) in [5, 5.41) is 3.26. The molecule has 0 aromatic heterocycles. The van der Waals surface area contributed by atoms with Crippen LogP contribution in [0, 0.1) is 5.82 Å². The lowest BCUT2D eigenvalue weighted by atomic mass is 10.2. The number of hydrogen-bond donors (Lipinski definition) is 1. The van der Waals surface area contributed by atoms with E-state index in [1.807, 2.05) is 13.1 Å². The minimum absolute atomic E-state index is 0.197. The van der Waals surface area contributed by atoms with Gasteiger partial charge in [-0.25, -0.2) is 4.39 Å². The molecule has 90 valence electrons. The summed E-state index contributed by atoms with van der Waals surface area (Å²) in [6, 6.07) is 5.15. The van der Waals surface area contributed by atoms with Crippen molar-refractivity contribution in [1.29, 1.82) is 0 Å². The first kappa shape index (κ1) is 13.6. The van der Waals surface area contributed by atoms with E-state index in [-0.39, 0.29) is 5.82 Å². The number of nitrogens with one attached hydrogen (secondary N) is 1.